The molecule has 1 saturated heterocycles. The van der Waals surface area contributed by atoms with Crippen LogP contribution in [0, 0.1) is 0 Å². The molecule has 0 aromatic heterocycles. The molecule has 2 unspecified atom stereocenters. The fraction of sp³-hybridized carbons (Fsp3) is 0.588. The first-order valence-corrected chi connectivity index (χ1v) is 10.0. The molecule has 0 spiro atoms. The molecular weight excluding hydrogens is 342 g/mol. The van der Waals surface area contributed by atoms with Gasteiger partial charge in [0.2, 0.25) is 10.0 Å². The molecular formula is C17H27N3O4S. The van der Waals surface area contributed by atoms with Crippen molar-refractivity contribution in [3.8, 4) is 0 Å². The van der Waals surface area contributed by atoms with E-state index in [9.17, 15) is 13.2 Å². The van der Waals surface area contributed by atoms with Gasteiger partial charge in [0.05, 0.1) is 17.1 Å². The van der Waals surface area contributed by atoms with Crippen molar-refractivity contribution in [3.05, 3.63) is 29.8 Å². The second-order valence-electron chi connectivity index (χ2n) is 6.36. The summed E-state index contributed by atoms with van der Waals surface area (Å²) in [4.78, 5) is 12.2. The molecule has 0 saturated carbocycles. The number of nitrogens with zero attached hydrogens (tertiary/aromatic N) is 1. The third kappa shape index (κ3) is 5.24. The van der Waals surface area contributed by atoms with E-state index in [-0.39, 0.29) is 23.0 Å². The van der Waals surface area contributed by atoms with Crippen molar-refractivity contribution in [1.82, 2.24) is 9.62 Å². The molecule has 1 fully saturated rings. The van der Waals surface area contributed by atoms with Crippen LogP contribution in [0.3, 0.4) is 0 Å². The van der Waals surface area contributed by atoms with Crippen molar-refractivity contribution in [2.45, 2.75) is 43.8 Å². The summed E-state index contributed by atoms with van der Waals surface area (Å²) >= 11 is 0. The number of amides is 1. The number of carbonyl (C=O) groups is 1. The standard InChI is InChI=1S/C17H27N3O4S/c1-13-11-20(12-14(2)24-13)25(22,23)16-7-5-15(6-8-16)17(21)19-10-4-3-9-18/h5-8,13-14H,3-4,9-12,18H2,1-2H3,(H,19,21). The van der Waals surface area contributed by atoms with Gasteiger partial charge in [0.15, 0.2) is 0 Å². The smallest absolute Gasteiger partial charge is 0.251 e. The fourth-order valence-electron chi connectivity index (χ4n) is 2.83. The Bertz CT molecular complexity index is 666. The normalized spacial score (nSPS) is 21.9. The Balaban J connectivity index is 2.04. The van der Waals surface area contributed by atoms with Crippen LogP contribution in [0.4, 0.5) is 0 Å². The minimum absolute atomic E-state index is 0.142. The van der Waals surface area contributed by atoms with Crippen LogP contribution in [0.15, 0.2) is 29.2 Å². The van der Waals surface area contributed by atoms with Gasteiger partial charge in [0, 0.05) is 25.2 Å². The van der Waals surface area contributed by atoms with Gasteiger partial charge in [-0.25, -0.2) is 8.42 Å². The molecule has 1 aromatic rings. The van der Waals surface area contributed by atoms with Crippen LogP contribution in [-0.4, -0.2) is 57.0 Å². The summed E-state index contributed by atoms with van der Waals surface area (Å²) in [5.74, 6) is -0.213. The summed E-state index contributed by atoms with van der Waals surface area (Å²) in [6, 6.07) is 6.04. The van der Waals surface area contributed by atoms with Crippen molar-refractivity contribution in [2.75, 3.05) is 26.2 Å². The van der Waals surface area contributed by atoms with E-state index in [1.165, 1.54) is 16.4 Å². The molecule has 0 aliphatic carbocycles. The van der Waals surface area contributed by atoms with Gasteiger partial charge in [0.25, 0.3) is 5.91 Å². The van der Waals surface area contributed by atoms with Gasteiger partial charge in [-0.1, -0.05) is 0 Å². The summed E-state index contributed by atoms with van der Waals surface area (Å²) in [7, 11) is -3.59. The van der Waals surface area contributed by atoms with E-state index in [1.54, 1.807) is 12.1 Å². The molecule has 1 amide bonds. The zero-order valence-electron chi connectivity index (χ0n) is 14.8. The molecule has 2 atom stereocenters. The Morgan fingerprint density at radius 1 is 1.20 bits per heavy atom. The second kappa shape index (κ2) is 8.75. The Morgan fingerprint density at radius 2 is 1.80 bits per heavy atom. The maximum Gasteiger partial charge on any atom is 0.251 e. The largest absolute Gasteiger partial charge is 0.373 e. The number of carbonyl (C=O) groups excluding carboxylic acids is 1. The monoisotopic (exact) mass is 369 g/mol. The third-order valence-electron chi connectivity index (χ3n) is 4.06. The van der Waals surface area contributed by atoms with Crippen LogP contribution in [0.1, 0.15) is 37.0 Å². The predicted molar refractivity (Wildman–Crippen MR) is 95.8 cm³/mol. The topological polar surface area (TPSA) is 102 Å². The number of hydrogen-bond donors (Lipinski definition) is 2. The molecule has 1 aromatic carbocycles. The number of hydrogen-bond acceptors (Lipinski definition) is 5. The molecule has 0 bridgehead atoms. The lowest BCUT2D eigenvalue weighted by Gasteiger charge is -2.34. The first kappa shape index (κ1) is 19.8. The molecule has 1 aliphatic heterocycles. The summed E-state index contributed by atoms with van der Waals surface area (Å²) in [5.41, 5.74) is 5.85. The van der Waals surface area contributed by atoms with E-state index in [0.29, 0.717) is 31.7 Å². The Morgan fingerprint density at radius 3 is 2.36 bits per heavy atom. The zero-order chi connectivity index (χ0) is 18.4. The number of benzene rings is 1. The fourth-order valence-corrected chi connectivity index (χ4v) is 4.42. The highest BCUT2D eigenvalue weighted by Crippen LogP contribution is 2.21. The lowest BCUT2D eigenvalue weighted by Crippen LogP contribution is -2.48. The van der Waals surface area contributed by atoms with E-state index in [4.69, 9.17) is 10.5 Å². The number of unbranched alkanes of at least 4 members (excludes halogenated alkanes) is 1. The Labute approximate surface area is 149 Å². The minimum atomic E-state index is -3.59. The van der Waals surface area contributed by atoms with Crippen LogP contribution in [0.25, 0.3) is 0 Å². The number of morpholine rings is 1. The van der Waals surface area contributed by atoms with Crippen LogP contribution < -0.4 is 11.1 Å². The molecule has 1 heterocycles. The summed E-state index contributed by atoms with van der Waals surface area (Å²) < 4.78 is 32.5. The van der Waals surface area contributed by atoms with Gasteiger partial charge < -0.3 is 15.8 Å². The van der Waals surface area contributed by atoms with E-state index in [0.717, 1.165) is 12.8 Å². The number of ether oxygens (including phenoxy) is 1. The van der Waals surface area contributed by atoms with Gasteiger partial charge >= 0.3 is 0 Å². The molecule has 140 valence electrons. The van der Waals surface area contributed by atoms with Crippen LogP contribution in [0.5, 0.6) is 0 Å². The summed E-state index contributed by atoms with van der Waals surface area (Å²) in [6.07, 6.45) is 1.39. The number of rotatable bonds is 7. The highest BCUT2D eigenvalue weighted by molar-refractivity contribution is 7.89. The lowest BCUT2D eigenvalue weighted by molar-refractivity contribution is -0.0440. The third-order valence-corrected chi connectivity index (χ3v) is 5.90. The van der Waals surface area contributed by atoms with E-state index in [1.807, 2.05) is 13.8 Å². The van der Waals surface area contributed by atoms with Crippen molar-refractivity contribution < 1.29 is 17.9 Å². The van der Waals surface area contributed by atoms with Crippen molar-refractivity contribution >= 4 is 15.9 Å². The van der Waals surface area contributed by atoms with Gasteiger partial charge in [-0.3, -0.25) is 4.79 Å². The quantitative estimate of drug-likeness (QED) is 0.697. The molecule has 7 nitrogen and oxygen atoms in total. The minimum Gasteiger partial charge on any atom is -0.373 e. The summed E-state index contributed by atoms with van der Waals surface area (Å²) in [6.45, 7) is 5.53. The number of nitrogens with two attached hydrogens (primary N) is 1. The summed E-state index contributed by atoms with van der Waals surface area (Å²) in [5, 5.41) is 2.80. The highest BCUT2D eigenvalue weighted by Gasteiger charge is 2.32. The van der Waals surface area contributed by atoms with Gasteiger partial charge in [0.1, 0.15) is 0 Å². The second-order valence-corrected chi connectivity index (χ2v) is 8.29. The maximum absolute atomic E-state index is 12.8. The van der Waals surface area contributed by atoms with Crippen LogP contribution >= 0.6 is 0 Å². The molecule has 25 heavy (non-hydrogen) atoms. The van der Waals surface area contributed by atoms with Crippen LogP contribution in [-0.2, 0) is 14.8 Å². The van der Waals surface area contributed by atoms with Crippen LogP contribution in [0.2, 0.25) is 0 Å². The Hall–Kier alpha value is -1.48. The average Bonchev–Trinajstić information content (AvgIpc) is 2.58. The molecule has 8 heteroatoms. The van der Waals surface area contributed by atoms with E-state index < -0.39 is 10.0 Å². The van der Waals surface area contributed by atoms with Gasteiger partial charge in [-0.2, -0.15) is 4.31 Å². The molecule has 1 aliphatic rings. The predicted octanol–water partition coefficient (Wildman–Crippen LogP) is 0.953. The first-order chi connectivity index (χ1) is 11.8. The Kier molecular flexibility index (Phi) is 6.95. The maximum atomic E-state index is 12.8. The van der Waals surface area contributed by atoms with Gasteiger partial charge in [-0.15, -0.1) is 0 Å². The zero-order valence-corrected chi connectivity index (χ0v) is 15.6. The lowest BCUT2D eigenvalue weighted by atomic mass is 10.2. The average molecular weight is 369 g/mol. The number of sulfonamides is 1. The molecule has 3 N–H and O–H groups in total. The molecule has 2 rings (SSSR count). The SMILES string of the molecule is CC1CN(S(=O)(=O)c2ccc(C(=O)NCCCCN)cc2)CC(C)O1. The molecule has 0 radical (unpaired) electrons. The number of nitrogens with one attached hydrogen (secondary N) is 1. The highest BCUT2D eigenvalue weighted by atomic mass is 32.2. The van der Waals surface area contributed by atoms with E-state index >= 15 is 0 Å². The van der Waals surface area contributed by atoms with Crippen molar-refractivity contribution in [1.29, 1.82) is 0 Å². The van der Waals surface area contributed by atoms with Gasteiger partial charge in [-0.05, 0) is 57.5 Å². The first-order valence-electron chi connectivity index (χ1n) is 8.58. The van der Waals surface area contributed by atoms with Crippen molar-refractivity contribution in [3.63, 3.8) is 0 Å². The van der Waals surface area contributed by atoms with Crippen molar-refractivity contribution in [2.24, 2.45) is 5.73 Å². The van der Waals surface area contributed by atoms with E-state index in [2.05, 4.69) is 5.32 Å².